The SMILES string of the molecule is CCCNC(c1cnccc1C(F)(F)F)C1CCC1. The molecule has 1 N–H and O–H groups in total. The van der Waals surface area contributed by atoms with Gasteiger partial charge in [0.25, 0.3) is 0 Å². The van der Waals surface area contributed by atoms with Crippen LogP contribution >= 0.6 is 0 Å². The van der Waals surface area contributed by atoms with Crippen molar-refractivity contribution in [2.45, 2.75) is 44.8 Å². The van der Waals surface area contributed by atoms with Gasteiger partial charge in [0.2, 0.25) is 0 Å². The van der Waals surface area contributed by atoms with E-state index in [0.717, 1.165) is 38.3 Å². The molecule has 1 saturated carbocycles. The van der Waals surface area contributed by atoms with Crippen molar-refractivity contribution in [3.8, 4) is 0 Å². The van der Waals surface area contributed by atoms with Crippen molar-refractivity contribution in [1.82, 2.24) is 10.3 Å². The zero-order valence-corrected chi connectivity index (χ0v) is 11.0. The van der Waals surface area contributed by atoms with Crippen molar-refractivity contribution in [2.24, 2.45) is 5.92 Å². The molecule has 0 radical (unpaired) electrons. The van der Waals surface area contributed by atoms with Crippen LogP contribution in [0.1, 0.15) is 49.8 Å². The lowest BCUT2D eigenvalue weighted by Gasteiger charge is -2.35. The van der Waals surface area contributed by atoms with E-state index in [0.29, 0.717) is 11.5 Å². The molecule has 0 amide bonds. The Labute approximate surface area is 111 Å². The number of hydrogen-bond donors (Lipinski definition) is 1. The predicted octanol–water partition coefficient (Wildman–Crippen LogP) is 3.94. The van der Waals surface area contributed by atoms with Crippen molar-refractivity contribution < 1.29 is 13.2 Å². The van der Waals surface area contributed by atoms with E-state index < -0.39 is 11.7 Å². The van der Waals surface area contributed by atoms with Crippen molar-refractivity contribution in [3.63, 3.8) is 0 Å². The average Bonchev–Trinajstić information content (AvgIpc) is 2.31. The molecule has 1 heterocycles. The first kappa shape index (κ1) is 14.3. The lowest BCUT2D eigenvalue weighted by Crippen LogP contribution is -2.34. The third-order valence-corrected chi connectivity index (χ3v) is 3.73. The maximum atomic E-state index is 13.1. The molecule has 0 bridgehead atoms. The van der Waals surface area contributed by atoms with Gasteiger partial charge in [-0.05, 0) is 43.4 Å². The van der Waals surface area contributed by atoms with E-state index in [2.05, 4.69) is 10.3 Å². The summed E-state index contributed by atoms with van der Waals surface area (Å²) in [4.78, 5) is 3.89. The summed E-state index contributed by atoms with van der Waals surface area (Å²) in [6, 6.07) is 0.855. The Morgan fingerprint density at radius 2 is 2.16 bits per heavy atom. The molecule has 0 saturated heterocycles. The van der Waals surface area contributed by atoms with E-state index in [4.69, 9.17) is 0 Å². The molecule has 0 aliphatic heterocycles. The van der Waals surface area contributed by atoms with Crippen LogP contribution in [0.4, 0.5) is 13.2 Å². The van der Waals surface area contributed by atoms with Crippen LogP contribution in [0.2, 0.25) is 0 Å². The molecule has 0 aromatic carbocycles. The van der Waals surface area contributed by atoms with E-state index >= 15 is 0 Å². The van der Waals surface area contributed by atoms with E-state index in [9.17, 15) is 13.2 Å². The second kappa shape index (κ2) is 5.90. The van der Waals surface area contributed by atoms with Crippen LogP contribution in [0.15, 0.2) is 18.5 Å². The Bertz CT molecular complexity index is 413. The summed E-state index contributed by atoms with van der Waals surface area (Å²) in [5.74, 6) is 0.303. The number of rotatable bonds is 5. The van der Waals surface area contributed by atoms with Crippen LogP contribution in [0.5, 0.6) is 0 Å². The molecule has 1 unspecified atom stereocenters. The first-order valence-electron chi connectivity index (χ1n) is 6.78. The summed E-state index contributed by atoms with van der Waals surface area (Å²) in [5, 5.41) is 3.26. The van der Waals surface area contributed by atoms with Crippen LogP contribution in [-0.2, 0) is 6.18 Å². The zero-order chi connectivity index (χ0) is 13.9. The third kappa shape index (κ3) is 3.26. The van der Waals surface area contributed by atoms with Crippen molar-refractivity contribution in [2.75, 3.05) is 6.54 Å². The maximum Gasteiger partial charge on any atom is 0.416 e. The number of nitrogens with one attached hydrogen (secondary N) is 1. The highest BCUT2D eigenvalue weighted by Gasteiger charge is 2.38. The van der Waals surface area contributed by atoms with E-state index in [1.54, 1.807) is 0 Å². The molecule has 0 spiro atoms. The normalized spacial score (nSPS) is 18.1. The molecule has 1 atom stereocenters. The van der Waals surface area contributed by atoms with Crippen LogP contribution in [-0.4, -0.2) is 11.5 Å². The van der Waals surface area contributed by atoms with Gasteiger partial charge in [-0.25, -0.2) is 0 Å². The molecule has 1 aliphatic carbocycles. The molecule has 1 fully saturated rings. The Morgan fingerprint density at radius 1 is 1.42 bits per heavy atom. The summed E-state index contributed by atoms with van der Waals surface area (Å²) in [6.45, 7) is 2.74. The van der Waals surface area contributed by atoms with E-state index in [1.165, 1.54) is 12.4 Å². The van der Waals surface area contributed by atoms with Gasteiger partial charge in [0.1, 0.15) is 0 Å². The fraction of sp³-hybridized carbons (Fsp3) is 0.643. The molecule has 1 aromatic heterocycles. The first-order chi connectivity index (χ1) is 9.04. The van der Waals surface area contributed by atoms with Crippen molar-refractivity contribution >= 4 is 0 Å². The highest BCUT2D eigenvalue weighted by molar-refractivity contribution is 5.30. The highest BCUT2D eigenvalue weighted by atomic mass is 19.4. The summed E-state index contributed by atoms with van der Waals surface area (Å²) in [5.41, 5.74) is -0.254. The molecule has 5 heteroatoms. The first-order valence-corrected chi connectivity index (χ1v) is 6.78. The summed E-state index contributed by atoms with van der Waals surface area (Å²) < 4.78 is 39.2. The summed E-state index contributed by atoms with van der Waals surface area (Å²) >= 11 is 0. The van der Waals surface area contributed by atoms with Gasteiger partial charge in [0.05, 0.1) is 5.56 Å². The molecule has 106 valence electrons. The smallest absolute Gasteiger partial charge is 0.310 e. The highest BCUT2D eigenvalue weighted by Crippen LogP contribution is 2.42. The Balaban J connectivity index is 2.29. The molecule has 19 heavy (non-hydrogen) atoms. The largest absolute Gasteiger partial charge is 0.416 e. The van der Waals surface area contributed by atoms with Gasteiger partial charge in [-0.1, -0.05) is 13.3 Å². The van der Waals surface area contributed by atoms with Gasteiger partial charge in [-0.3, -0.25) is 4.98 Å². The lowest BCUT2D eigenvalue weighted by molar-refractivity contribution is -0.138. The van der Waals surface area contributed by atoms with Crippen LogP contribution in [0, 0.1) is 5.92 Å². The van der Waals surface area contributed by atoms with Crippen molar-refractivity contribution in [1.29, 1.82) is 0 Å². The molecular formula is C14H19F3N2. The molecule has 2 nitrogen and oxygen atoms in total. The second-order valence-corrected chi connectivity index (χ2v) is 5.08. The minimum absolute atomic E-state index is 0.223. The van der Waals surface area contributed by atoms with Gasteiger partial charge < -0.3 is 5.32 Å². The lowest BCUT2D eigenvalue weighted by atomic mass is 9.76. The van der Waals surface area contributed by atoms with Crippen molar-refractivity contribution in [3.05, 3.63) is 29.6 Å². The van der Waals surface area contributed by atoms with Crippen LogP contribution in [0.25, 0.3) is 0 Å². The van der Waals surface area contributed by atoms with Gasteiger partial charge in [0.15, 0.2) is 0 Å². The van der Waals surface area contributed by atoms with Gasteiger partial charge >= 0.3 is 6.18 Å². The number of alkyl halides is 3. The van der Waals surface area contributed by atoms with E-state index in [1.807, 2.05) is 6.92 Å². The third-order valence-electron chi connectivity index (χ3n) is 3.73. The van der Waals surface area contributed by atoms with Gasteiger partial charge in [-0.15, -0.1) is 0 Å². The maximum absolute atomic E-state index is 13.1. The molecule has 2 rings (SSSR count). The molecule has 1 aromatic rings. The monoisotopic (exact) mass is 272 g/mol. The van der Waals surface area contributed by atoms with Crippen LogP contribution in [0.3, 0.4) is 0 Å². The van der Waals surface area contributed by atoms with Gasteiger partial charge in [0, 0.05) is 18.4 Å². The number of pyridine rings is 1. The fourth-order valence-corrected chi connectivity index (χ4v) is 2.52. The Hall–Kier alpha value is -1.10. The quantitative estimate of drug-likeness (QED) is 0.878. The number of nitrogens with zero attached hydrogens (tertiary/aromatic N) is 1. The minimum Gasteiger partial charge on any atom is -0.310 e. The zero-order valence-electron chi connectivity index (χ0n) is 11.0. The Kier molecular flexibility index (Phi) is 4.45. The number of aromatic nitrogens is 1. The number of hydrogen-bond acceptors (Lipinski definition) is 2. The number of halogens is 3. The summed E-state index contributed by atoms with van der Waals surface area (Å²) in [6.07, 6.45) is 2.27. The van der Waals surface area contributed by atoms with E-state index in [-0.39, 0.29) is 6.04 Å². The fourth-order valence-electron chi connectivity index (χ4n) is 2.52. The standard InChI is InChI=1S/C14H19F3N2/c1-2-7-19-13(10-4-3-5-10)11-9-18-8-6-12(11)14(15,16)17/h6,8-10,13,19H,2-5,7H2,1H3. The topological polar surface area (TPSA) is 24.9 Å². The van der Waals surface area contributed by atoms with Gasteiger partial charge in [-0.2, -0.15) is 13.2 Å². The van der Waals surface area contributed by atoms with Crippen LogP contribution < -0.4 is 5.32 Å². The molecular weight excluding hydrogens is 253 g/mol. The second-order valence-electron chi connectivity index (χ2n) is 5.08. The minimum atomic E-state index is -4.31. The molecule has 1 aliphatic rings. The summed E-state index contributed by atoms with van der Waals surface area (Å²) in [7, 11) is 0. The Morgan fingerprint density at radius 3 is 2.68 bits per heavy atom. The predicted molar refractivity (Wildman–Crippen MR) is 67.6 cm³/mol. The average molecular weight is 272 g/mol.